The molecule has 1 aliphatic heterocycles. The van der Waals surface area contributed by atoms with Gasteiger partial charge < -0.3 is 5.32 Å². The van der Waals surface area contributed by atoms with Crippen molar-refractivity contribution in [1.82, 2.24) is 15.1 Å². The van der Waals surface area contributed by atoms with Gasteiger partial charge in [-0.2, -0.15) is 5.10 Å². The molecule has 0 unspecified atom stereocenters. The Morgan fingerprint density at radius 2 is 2.10 bits per heavy atom. The number of aromatic nitrogens is 2. The smallest absolute Gasteiger partial charge is 0.316 e. The van der Waals surface area contributed by atoms with Crippen molar-refractivity contribution in [3.05, 3.63) is 22.0 Å². The number of hydrogen-bond acceptors (Lipinski definition) is 4. The van der Waals surface area contributed by atoms with E-state index in [1.54, 1.807) is 0 Å². The van der Waals surface area contributed by atoms with Gasteiger partial charge in [-0.25, -0.2) is 8.78 Å². The van der Waals surface area contributed by atoms with Crippen molar-refractivity contribution in [2.24, 2.45) is 5.41 Å². The third-order valence-electron chi connectivity index (χ3n) is 4.53. The Morgan fingerprint density at radius 1 is 1.45 bits per heavy atom. The second kappa shape index (κ2) is 4.76. The zero-order valence-electron chi connectivity index (χ0n) is 10.9. The van der Waals surface area contributed by atoms with E-state index in [1.165, 1.54) is 4.68 Å². The van der Waals surface area contributed by atoms with Crippen molar-refractivity contribution in [1.29, 1.82) is 0 Å². The minimum Gasteiger partial charge on any atom is -0.316 e. The predicted molar refractivity (Wildman–Crippen MR) is 66.6 cm³/mol. The van der Waals surface area contributed by atoms with Gasteiger partial charge in [0, 0.05) is 13.1 Å². The fraction of sp³-hybridized carbons (Fsp3) is 0.750. The second-order valence-corrected chi connectivity index (χ2v) is 5.77. The summed E-state index contributed by atoms with van der Waals surface area (Å²) in [6.07, 6.45) is 1.95. The molecule has 1 N–H and O–H groups in total. The van der Waals surface area contributed by atoms with Crippen LogP contribution in [0.3, 0.4) is 0 Å². The topological polar surface area (TPSA) is 73.0 Å². The molecule has 0 aromatic carbocycles. The van der Waals surface area contributed by atoms with Crippen LogP contribution in [0.2, 0.25) is 0 Å². The molecule has 6 nitrogen and oxygen atoms in total. The summed E-state index contributed by atoms with van der Waals surface area (Å²) in [5.41, 5.74) is -0.938. The third-order valence-corrected chi connectivity index (χ3v) is 4.53. The number of alkyl halides is 2. The third kappa shape index (κ3) is 2.17. The van der Waals surface area contributed by atoms with Crippen molar-refractivity contribution in [2.75, 3.05) is 13.1 Å². The highest BCUT2D eigenvalue weighted by Gasteiger charge is 2.41. The van der Waals surface area contributed by atoms with Gasteiger partial charge in [0.2, 0.25) is 5.69 Å². The van der Waals surface area contributed by atoms with E-state index in [1.807, 2.05) is 0 Å². The normalized spacial score (nSPS) is 22.1. The summed E-state index contributed by atoms with van der Waals surface area (Å²) >= 11 is 0. The van der Waals surface area contributed by atoms with Crippen LogP contribution >= 0.6 is 0 Å². The fourth-order valence-corrected chi connectivity index (χ4v) is 3.19. The van der Waals surface area contributed by atoms with Gasteiger partial charge in [-0.15, -0.1) is 0 Å². The molecule has 0 bridgehead atoms. The quantitative estimate of drug-likeness (QED) is 0.684. The monoisotopic (exact) mass is 286 g/mol. The summed E-state index contributed by atoms with van der Waals surface area (Å²) in [6.45, 7) is 2.03. The van der Waals surface area contributed by atoms with E-state index in [9.17, 15) is 18.9 Å². The number of rotatable bonds is 3. The van der Waals surface area contributed by atoms with E-state index in [2.05, 4.69) is 10.4 Å². The summed E-state index contributed by atoms with van der Waals surface area (Å²) in [4.78, 5) is 10.0. The number of hydrogen-bond donors (Lipinski definition) is 1. The van der Waals surface area contributed by atoms with Crippen LogP contribution in [-0.2, 0) is 0 Å². The molecule has 0 atom stereocenters. The van der Waals surface area contributed by atoms with Crippen molar-refractivity contribution in [3.63, 3.8) is 0 Å². The van der Waals surface area contributed by atoms with Crippen molar-refractivity contribution >= 4 is 5.69 Å². The lowest BCUT2D eigenvalue weighted by Gasteiger charge is -2.47. The van der Waals surface area contributed by atoms with Crippen LogP contribution < -0.4 is 5.32 Å². The highest BCUT2D eigenvalue weighted by molar-refractivity contribution is 5.33. The SMILES string of the molecule is O=[N+]([O-])c1cn(C2CCC3(CC2)CNC3)nc1C(F)F. The lowest BCUT2D eigenvalue weighted by atomic mass is 9.68. The van der Waals surface area contributed by atoms with Gasteiger partial charge in [-0.05, 0) is 31.1 Å². The maximum Gasteiger partial charge on any atom is 0.316 e. The molecular weight excluding hydrogens is 270 g/mol. The Balaban J connectivity index is 1.77. The lowest BCUT2D eigenvalue weighted by Crippen LogP contribution is -2.54. The molecule has 2 fully saturated rings. The van der Waals surface area contributed by atoms with E-state index in [-0.39, 0.29) is 6.04 Å². The van der Waals surface area contributed by atoms with E-state index >= 15 is 0 Å². The van der Waals surface area contributed by atoms with Gasteiger partial charge in [-0.1, -0.05) is 0 Å². The largest absolute Gasteiger partial charge is 0.316 e. The number of nitrogens with one attached hydrogen (secondary N) is 1. The fourth-order valence-electron chi connectivity index (χ4n) is 3.19. The Kier molecular flexibility index (Phi) is 3.19. The summed E-state index contributed by atoms with van der Waals surface area (Å²) in [5, 5.41) is 17.8. The zero-order chi connectivity index (χ0) is 14.3. The average molecular weight is 286 g/mol. The van der Waals surface area contributed by atoms with Crippen LogP contribution in [0.1, 0.15) is 43.8 Å². The first-order chi connectivity index (χ1) is 9.51. The van der Waals surface area contributed by atoms with Gasteiger partial charge in [0.25, 0.3) is 6.43 Å². The van der Waals surface area contributed by atoms with E-state index < -0.39 is 22.7 Å². The zero-order valence-corrected chi connectivity index (χ0v) is 10.9. The summed E-state index contributed by atoms with van der Waals surface area (Å²) in [6, 6.07) is -0.00701. The Morgan fingerprint density at radius 3 is 2.50 bits per heavy atom. The Bertz CT molecular complexity index is 518. The van der Waals surface area contributed by atoms with Crippen molar-refractivity contribution in [3.8, 4) is 0 Å². The Hall–Kier alpha value is -1.57. The van der Waals surface area contributed by atoms with Gasteiger partial charge in [-0.3, -0.25) is 14.8 Å². The van der Waals surface area contributed by atoms with E-state index in [0.29, 0.717) is 5.41 Å². The molecule has 1 saturated carbocycles. The van der Waals surface area contributed by atoms with Crippen LogP contribution in [0.4, 0.5) is 14.5 Å². The number of nitro groups is 1. The molecule has 1 aromatic heterocycles. The lowest BCUT2D eigenvalue weighted by molar-refractivity contribution is -0.386. The molecule has 2 heterocycles. The van der Waals surface area contributed by atoms with Crippen molar-refractivity contribution < 1.29 is 13.7 Å². The molecule has 1 aromatic rings. The number of halogens is 2. The predicted octanol–water partition coefficient (Wildman–Crippen LogP) is 2.43. The maximum absolute atomic E-state index is 12.8. The average Bonchev–Trinajstić information content (AvgIpc) is 2.82. The van der Waals surface area contributed by atoms with Gasteiger partial charge in [0.15, 0.2) is 0 Å². The molecule has 110 valence electrons. The van der Waals surface area contributed by atoms with Gasteiger partial charge in [0.05, 0.1) is 11.0 Å². The first-order valence-electron chi connectivity index (χ1n) is 6.73. The molecule has 3 rings (SSSR count). The summed E-state index contributed by atoms with van der Waals surface area (Å²) < 4.78 is 26.9. The molecule has 1 aliphatic carbocycles. The highest BCUT2D eigenvalue weighted by atomic mass is 19.3. The molecule has 20 heavy (non-hydrogen) atoms. The minimum atomic E-state index is -2.91. The van der Waals surface area contributed by atoms with Crippen LogP contribution in [0.25, 0.3) is 0 Å². The molecule has 0 radical (unpaired) electrons. The molecule has 2 aliphatic rings. The highest BCUT2D eigenvalue weighted by Crippen LogP contribution is 2.43. The summed E-state index contributed by atoms with van der Waals surface area (Å²) in [5.74, 6) is 0. The second-order valence-electron chi connectivity index (χ2n) is 5.77. The molecular formula is C12H16F2N4O2. The molecule has 0 amide bonds. The van der Waals surface area contributed by atoms with Crippen LogP contribution in [0.15, 0.2) is 6.20 Å². The standard InChI is InChI=1S/C12H16F2N4O2/c13-11(14)10-9(18(19)20)5-17(16-10)8-1-3-12(4-2-8)6-15-7-12/h5,8,11,15H,1-4,6-7H2. The van der Waals surface area contributed by atoms with E-state index in [0.717, 1.165) is 45.0 Å². The summed E-state index contributed by atoms with van der Waals surface area (Å²) in [7, 11) is 0. The van der Waals surface area contributed by atoms with Crippen molar-refractivity contribution in [2.45, 2.75) is 38.2 Å². The first kappa shape index (κ1) is 13.4. The molecule has 1 saturated heterocycles. The van der Waals surface area contributed by atoms with Crippen LogP contribution in [-0.4, -0.2) is 27.8 Å². The van der Waals surface area contributed by atoms with Gasteiger partial charge in [0.1, 0.15) is 6.20 Å². The number of nitrogens with zero attached hydrogens (tertiary/aromatic N) is 3. The van der Waals surface area contributed by atoms with E-state index in [4.69, 9.17) is 0 Å². The van der Waals surface area contributed by atoms with Crippen LogP contribution in [0.5, 0.6) is 0 Å². The maximum atomic E-state index is 12.8. The van der Waals surface area contributed by atoms with Crippen LogP contribution in [0, 0.1) is 15.5 Å². The Labute approximate surface area is 114 Å². The first-order valence-corrected chi connectivity index (χ1v) is 6.73. The molecule has 1 spiro atoms. The minimum absolute atomic E-state index is 0.00701. The molecule has 8 heteroatoms. The van der Waals surface area contributed by atoms with Gasteiger partial charge >= 0.3 is 5.69 Å².